The van der Waals surface area contributed by atoms with Crippen molar-refractivity contribution in [3.8, 4) is 0 Å². The summed E-state index contributed by atoms with van der Waals surface area (Å²) in [6.45, 7) is 12.7. The van der Waals surface area contributed by atoms with Gasteiger partial charge in [0.15, 0.2) is 0 Å². The second-order valence-corrected chi connectivity index (χ2v) is 6.05. The Labute approximate surface area is 111 Å². The number of nitrogens with one attached hydrogen (secondary N) is 1. The SMILES string of the molecule is CCNC(CC)C1CCN(C(=O)OC(C)(C)C)C1. The summed E-state index contributed by atoms with van der Waals surface area (Å²) in [5.74, 6) is 0.558. The number of ether oxygens (including phenoxy) is 1. The third-order valence-electron chi connectivity index (χ3n) is 3.35. The van der Waals surface area contributed by atoms with E-state index in [1.54, 1.807) is 0 Å². The van der Waals surface area contributed by atoms with Crippen LogP contribution in [0, 0.1) is 5.92 Å². The lowest BCUT2D eigenvalue weighted by atomic mass is 9.97. The van der Waals surface area contributed by atoms with E-state index in [-0.39, 0.29) is 6.09 Å². The van der Waals surface area contributed by atoms with E-state index in [2.05, 4.69) is 19.2 Å². The van der Waals surface area contributed by atoms with Gasteiger partial charge in [-0.3, -0.25) is 0 Å². The molecule has 0 radical (unpaired) electrons. The lowest BCUT2D eigenvalue weighted by molar-refractivity contribution is 0.0285. The molecule has 1 aliphatic heterocycles. The number of nitrogens with zero attached hydrogens (tertiary/aromatic N) is 1. The molecule has 1 aliphatic rings. The Morgan fingerprint density at radius 3 is 2.61 bits per heavy atom. The van der Waals surface area contributed by atoms with Crippen molar-refractivity contribution < 1.29 is 9.53 Å². The van der Waals surface area contributed by atoms with E-state index in [1.807, 2.05) is 25.7 Å². The van der Waals surface area contributed by atoms with E-state index in [9.17, 15) is 4.79 Å². The van der Waals surface area contributed by atoms with Crippen LogP contribution in [0.1, 0.15) is 47.5 Å². The summed E-state index contributed by atoms with van der Waals surface area (Å²) in [4.78, 5) is 13.8. The fourth-order valence-corrected chi connectivity index (χ4v) is 2.51. The van der Waals surface area contributed by atoms with Gasteiger partial charge in [-0.2, -0.15) is 0 Å². The number of carbonyl (C=O) groups excluding carboxylic acids is 1. The molecule has 0 spiro atoms. The van der Waals surface area contributed by atoms with Crippen LogP contribution in [0.15, 0.2) is 0 Å². The molecule has 1 fully saturated rings. The molecule has 0 saturated carbocycles. The van der Waals surface area contributed by atoms with Crippen molar-refractivity contribution in [1.29, 1.82) is 0 Å². The Kier molecular flexibility index (Phi) is 5.45. The van der Waals surface area contributed by atoms with Crippen molar-refractivity contribution in [2.75, 3.05) is 19.6 Å². The van der Waals surface area contributed by atoms with Gasteiger partial charge in [0.05, 0.1) is 0 Å². The number of carbonyl (C=O) groups is 1. The highest BCUT2D eigenvalue weighted by atomic mass is 16.6. The van der Waals surface area contributed by atoms with Crippen molar-refractivity contribution in [2.24, 2.45) is 5.92 Å². The maximum atomic E-state index is 12.0. The summed E-state index contributed by atoms with van der Waals surface area (Å²) in [5.41, 5.74) is -0.402. The zero-order valence-corrected chi connectivity index (χ0v) is 12.5. The molecule has 1 amide bonds. The summed E-state index contributed by atoms with van der Waals surface area (Å²) >= 11 is 0. The van der Waals surface area contributed by atoms with Crippen LogP contribution in [0.4, 0.5) is 4.79 Å². The smallest absolute Gasteiger partial charge is 0.410 e. The standard InChI is InChI=1S/C14H28N2O2/c1-6-12(15-7-2)11-8-9-16(10-11)13(17)18-14(3,4)5/h11-12,15H,6-10H2,1-5H3. The second kappa shape index (κ2) is 6.41. The molecule has 2 atom stereocenters. The average Bonchev–Trinajstić information content (AvgIpc) is 2.72. The Hall–Kier alpha value is -0.770. The second-order valence-electron chi connectivity index (χ2n) is 6.05. The summed E-state index contributed by atoms with van der Waals surface area (Å²) < 4.78 is 5.41. The van der Waals surface area contributed by atoms with Gasteiger partial charge in [0.25, 0.3) is 0 Å². The van der Waals surface area contributed by atoms with Gasteiger partial charge >= 0.3 is 6.09 Å². The predicted octanol–water partition coefficient (Wildman–Crippen LogP) is 2.63. The lowest BCUT2D eigenvalue weighted by Crippen LogP contribution is -2.39. The van der Waals surface area contributed by atoms with Crippen molar-refractivity contribution >= 4 is 6.09 Å². The van der Waals surface area contributed by atoms with E-state index in [0.29, 0.717) is 12.0 Å². The molecular formula is C14H28N2O2. The molecule has 1 heterocycles. The summed E-state index contributed by atoms with van der Waals surface area (Å²) in [6, 6.07) is 0.516. The molecule has 0 bridgehead atoms. The van der Waals surface area contributed by atoms with Gasteiger partial charge in [-0.25, -0.2) is 4.79 Å². The van der Waals surface area contributed by atoms with E-state index >= 15 is 0 Å². The molecule has 1 rings (SSSR count). The molecule has 1 saturated heterocycles. The third kappa shape index (κ3) is 4.48. The Morgan fingerprint density at radius 1 is 1.44 bits per heavy atom. The first-order chi connectivity index (χ1) is 8.37. The first-order valence-corrected chi connectivity index (χ1v) is 7.08. The molecular weight excluding hydrogens is 228 g/mol. The highest BCUT2D eigenvalue weighted by molar-refractivity contribution is 5.68. The Bertz CT molecular complexity index is 273. The molecule has 2 unspecified atom stereocenters. The van der Waals surface area contributed by atoms with Gasteiger partial charge in [-0.1, -0.05) is 13.8 Å². The quantitative estimate of drug-likeness (QED) is 0.840. The van der Waals surface area contributed by atoms with Gasteiger partial charge in [0.1, 0.15) is 5.60 Å². The Morgan fingerprint density at radius 2 is 2.11 bits per heavy atom. The third-order valence-corrected chi connectivity index (χ3v) is 3.35. The minimum Gasteiger partial charge on any atom is -0.444 e. The zero-order valence-electron chi connectivity index (χ0n) is 12.5. The molecule has 0 aromatic rings. The fraction of sp³-hybridized carbons (Fsp3) is 0.929. The van der Waals surface area contributed by atoms with Crippen LogP contribution in [0.2, 0.25) is 0 Å². The van der Waals surface area contributed by atoms with Gasteiger partial charge in [0.2, 0.25) is 0 Å². The molecule has 1 N–H and O–H groups in total. The number of rotatable bonds is 4. The average molecular weight is 256 g/mol. The molecule has 106 valence electrons. The summed E-state index contributed by atoms with van der Waals surface area (Å²) in [5, 5.41) is 3.50. The van der Waals surface area contributed by atoms with Crippen LogP contribution in [0.25, 0.3) is 0 Å². The van der Waals surface area contributed by atoms with Crippen LogP contribution in [0.3, 0.4) is 0 Å². The minimum absolute atomic E-state index is 0.170. The fourth-order valence-electron chi connectivity index (χ4n) is 2.51. The van der Waals surface area contributed by atoms with E-state index in [1.165, 1.54) is 0 Å². The topological polar surface area (TPSA) is 41.6 Å². The van der Waals surface area contributed by atoms with Gasteiger partial charge in [-0.15, -0.1) is 0 Å². The highest BCUT2D eigenvalue weighted by Gasteiger charge is 2.32. The van der Waals surface area contributed by atoms with Crippen molar-refractivity contribution in [3.05, 3.63) is 0 Å². The van der Waals surface area contributed by atoms with Crippen molar-refractivity contribution in [1.82, 2.24) is 10.2 Å². The van der Waals surface area contributed by atoms with Crippen molar-refractivity contribution in [2.45, 2.75) is 59.1 Å². The number of amides is 1. The van der Waals surface area contributed by atoms with Gasteiger partial charge < -0.3 is 15.0 Å². The van der Waals surface area contributed by atoms with E-state index in [4.69, 9.17) is 4.74 Å². The normalized spacial score (nSPS) is 22.1. The maximum absolute atomic E-state index is 12.0. The zero-order chi connectivity index (χ0) is 13.8. The molecule has 0 aromatic heterocycles. The van der Waals surface area contributed by atoms with Gasteiger partial charge in [0, 0.05) is 19.1 Å². The minimum atomic E-state index is -0.402. The summed E-state index contributed by atoms with van der Waals surface area (Å²) in [6.07, 6.45) is 2.02. The first kappa shape index (κ1) is 15.3. The molecule has 4 nitrogen and oxygen atoms in total. The predicted molar refractivity (Wildman–Crippen MR) is 73.7 cm³/mol. The number of hydrogen-bond acceptors (Lipinski definition) is 3. The summed E-state index contributed by atoms with van der Waals surface area (Å²) in [7, 11) is 0. The maximum Gasteiger partial charge on any atom is 0.410 e. The van der Waals surface area contributed by atoms with E-state index in [0.717, 1.165) is 32.5 Å². The monoisotopic (exact) mass is 256 g/mol. The lowest BCUT2D eigenvalue weighted by Gasteiger charge is -2.26. The van der Waals surface area contributed by atoms with Crippen molar-refractivity contribution in [3.63, 3.8) is 0 Å². The van der Waals surface area contributed by atoms with Crippen LogP contribution in [-0.2, 0) is 4.74 Å². The molecule has 0 aromatic carbocycles. The molecule has 0 aliphatic carbocycles. The molecule has 18 heavy (non-hydrogen) atoms. The number of likely N-dealkylation sites (tertiary alicyclic amines) is 1. The van der Waals surface area contributed by atoms with E-state index < -0.39 is 5.60 Å². The Balaban J connectivity index is 2.47. The number of hydrogen-bond donors (Lipinski definition) is 1. The highest BCUT2D eigenvalue weighted by Crippen LogP contribution is 2.23. The van der Waals surface area contributed by atoms with Gasteiger partial charge in [-0.05, 0) is 46.1 Å². The van der Waals surface area contributed by atoms with Crippen LogP contribution >= 0.6 is 0 Å². The van der Waals surface area contributed by atoms with Crippen LogP contribution in [0.5, 0.6) is 0 Å². The first-order valence-electron chi connectivity index (χ1n) is 7.08. The van der Waals surface area contributed by atoms with Crippen LogP contribution < -0.4 is 5.32 Å². The largest absolute Gasteiger partial charge is 0.444 e. The van der Waals surface area contributed by atoms with Crippen LogP contribution in [-0.4, -0.2) is 42.3 Å². The molecule has 4 heteroatoms.